The van der Waals surface area contributed by atoms with Crippen molar-refractivity contribution in [3.8, 4) is 5.75 Å². The highest BCUT2D eigenvalue weighted by Crippen LogP contribution is 2.26. The van der Waals surface area contributed by atoms with Gasteiger partial charge < -0.3 is 4.74 Å². The van der Waals surface area contributed by atoms with E-state index in [1.165, 1.54) is 30.7 Å². The van der Waals surface area contributed by atoms with Crippen LogP contribution in [0, 0.1) is 5.92 Å². The lowest BCUT2D eigenvalue weighted by Crippen LogP contribution is -2.51. The van der Waals surface area contributed by atoms with Gasteiger partial charge in [0.05, 0.1) is 19.1 Å². The molecule has 1 aromatic carbocycles. The first kappa shape index (κ1) is 21.8. The molecule has 152 valence electrons. The van der Waals surface area contributed by atoms with Crippen LogP contribution in [0.1, 0.15) is 19.4 Å². The summed E-state index contributed by atoms with van der Waals surface area (Å²) in [5, 5.41) is 0. The molecule has 2 rings (SSSR count). The molecule has 2 aromatic rings. The van der Waals surface area contributed by atoms with Gasteiger partial charge in [0.25, 0.3) is 5.91 Å². The zero-order valence-corrected chi connectivity index (χ0v) is 17.1. The zero-order valence-electron chi connectivity index (χ0n) is 16.3. The number of methoxy groups -OCH3 is 1. The minimum Gasteiger partial charge on any atom is -0.497 e. The molecule has 0 radical (unpaired) electrons. The van der Waals surface area contributed by atoms with Crippen LogP contribution in [-0.2, 0) is 26.2 Å². The molecule has 0 aliphatic heterocycles. The van der Waals surface area contributed by atoms with Gasteiger partial charge in [0.1, 0.15) is 11.8 Å². The standard InChI is InChI=1S/C19H25N3O5S/c1-14(2)18(19(23)21-27-4)22(13-15-6-5-11-20-12-15)28(24,25)17-9-7-16(26-3)8-10-17/h5-12,14,18H,13H2,1-4H3,(H,21,23)/t18-/m1/s1/i4-1. The second-order valence-corrected chi connectivity index (χ2v) is 8.34. The van der Waals surface area contributed by atoms with Crippen LogP contribution in [0.4, 0.5) is 0 Å². The molecule has 1 atom stereocenters. The monoisotopic (exact) mass is 406 g/mol. The Hall–Kier alpha value is -2.49. The van der Waals surface area contributed by atoms with Crippen LogP contribution in [0.2, 0.25) is 0 Å². The Morgan fingerprint density at radius 3 is 2.36 bits per heavy atom. The maximum atomic E-state index is 13.4. The topological polar surface area (TPSA) is 97.8 Å². The Bertz CT molecular complexity index is 870. The van der Waals surface area contributed by atoms with E-state index in [2.05, 4.69) is 10.5 Å². The minimum atomic E-state index is -4.00. The zero-order chi connectivity index (χ0) is 20.7. The number of pyridine rings is 1. The second-order valence-electron chi connectivity index (χ2n) is 6.45. The van der Waals surface area contributed by atoms with E-state index in [1.807, 2.05) is 0 Å². The molecule has 0 fully saturated rings. The maximum Gasteiger partial charge on any atom is 0.262 e. The largest absolute Gasteiger partial charge is 0.497 e. The first-order chi connectivity index (χ1) is 13.3. The number of benzene rings is 1. The third-order valence-electron chi connectivity index (χ3n) is 4.14. The summed E-state index contributed by atoms with van der Waals surface area (Å²) in [4.78, 5) is 21.5. The number of hydroxylamine groups is 1. The van der Waals surface area contributed by atoms with Crippen molar-refractivity contribution in [2.45, 2.75) is 31.3 Å². The van der Waals surface area contributed by atoms with Crippen molar-refractivity contribution < 1.29 is 22.8 Å². The highest BCUT2D eigenvalue weighted by atomic mass is 32.2. The smallest absolute Gasteiger partial charge is 0.262 e. The molecule has 0 aliphatic carbocycles. The number of amides is 1. The van der Waals surface area contributed by atoms with Gasteiger partial charge >= 0.3 is 0 Å². The predicted octanol–water partition coefficient (Wildman–Crippen LogP) is 1.98. The van der Waals surface area contributed by atoms with Crippen molar-refractivity contribution in [3.63, 3.8) is 0 Å². The minimum absolute atomic E-state index is 0.0117. The van der Waals surface area contributed by atoms with Gasteiger partial charge in [-0.2, -0.15) is 4.31 Å². The molecule has 0 unspecified atom stereocenters. The molecule has 0 saturated carbocycles. The van der Waals surface area contributed by atoms with Gasteiger partial charge in [0.15, 0.2) is 0 Å². The third-order valence-corrected chi connectivity index (χ3v) is 5.98. The fraction of sp³-hybridized carbons (Fsp3) is 0.368. The molecule has 0 spiro atoms. The van der Waals surface area contributed by atoms with Gasteiger partial charge in [-0.05, 0) is 41.8 Å². The molecular formula is C19H25N3O5S. The summed E-state index contributed by atoms with van der Waals surface area (Å²) in [6, 6.07) is 8.53. The van der Waals surface area contributed by atoms with Crippen molar-refractivity contribution in [1.29, 1.82) is 0 Å². The molecule has 8 nitrogen and oxygen atoms in total. The Kier molecular flexibility index (Phi) is 7.50. The van der Waals surface area contributed by atoms with E-state index in [-0.39, 0.29) is 17.4 Å². The molecule has 28 heavy (non-hydrogen) atoms. The summed E-state index contributed by atoms with van der Waals surface area (Å²) in [5.41, 5.74) is 2.92. The number of ether oxygens (including phenoxy) is 1. The van der Waals surface area contributed by atoms with Crippen molar-refractivity contribution in [3.05, 3.63) is 54.4 Å². The lowest BCUT2D eigenvalue weighted by atomic mass is 10.0. The predicted molar refractivity (Wildman–Crippen MR) is 104 cm³/mol. The van der Waals surface area contributed by atoms with Crippen LogP contribution in [0.5, 0.6) is 5.75 Å². The summed E-state index contributed by atoms with van der Waals surface area (Å²) in [6.07, 6.45) is 3.17. The number of nitrogens with zero attached hydrogens (tertiary/aromatic N) is 2. The first-order valence-corrected chi connectivity index (χ1v) is 10.1. The third kappa shape index (κ3) is 5.06. The average molecular weight is 406 g/mol. The second kappa shape index (κ2) is 9.63. The quantitative estimate of drug-likeness (QED) is 0.640. The van der Waals surface area contributed by atoms with E-state index in [1.54, 1.807) is 50.5 Å². The average Bonchev–Trinajstić information content (AvgIpc) is 2.68. The van der Waals surface area contributed by atoms with Crippen molar-refractivity contribution in [1.82, 2.24) is 14.8 Å². The Labute approximate surface area is 165 Å². The van der Waals surface area contributed by atoms with Gasteiger partial charge in [0, 0.05) is 18.9 Å². The molecular weight excluding hydrogens is 381 g/mol. The number of sulfonamides is 1. The Balaban J connectivity index is 2.52. The summed E-state index contributed by atoms with van der Waals surface area (Å²) in [5.74, 6) is -0.311. The molecule has 0 bridgehead atoms. The summed E-state index contributed by atoms with van der Waals surface area (Å²) in [6.45, 7) is 3.54. The lowest BCUT2D eigenvalue weighted by molar-refractivity contribution is -0.136. The molecule has 9 heteroatoms. The Morgan fingerprint density at radius 1 is 1.18 bits per heavy atom. The summed E-state index contributed by atoms with van der Waals surface area (Å²) >= 11 is 0. The van der Waals surface area contributed by atoms with Crippen LogP contribution in [0.15, 0.2) is 53.7 Å². The van der Waals surface area contributed by atoms with E-state index in [9.17, 15) is 13.2 Å². The highest BCUT2D eigenvalue weighted by Gasteiger charge is 2.38. The van der Waals surface area contributed by atoms with E-state index in [4.69, 9.17) is 9.57 Å². The van der Waals surface area contributed by atoms with Crippen molar-refractivity contribution in [2.75, 3.05) is 14.2 Å². The molecule has 0 saturated heterocycles. The number of nitrogens with one attached hydrogen (secondary N) is 1. The number of carbonyl (C=O) groups is 1. The summed E-state index contributed by atoms with van der Waals surface area (Å²) < 4.78 is 33.1. The first-order valence-electron chi connectivity index (χ1n) is 8.69. The van der Waals surface area contributed by atoms with Gasteiger partial charge in [0.2, 0.25) is 10.0 Å². The van der Waals surface area contributed by atoms with E-state index in [0.29, 0.717) is 11.3 Å². The molecule has 0 aliphatic rings. The molecule has 1 heterocycles. The normalized spacial score (nSPS) is 12.8. The maximum absolute atomic E-state index is 13.4. The number of hydrogen-bond donors (Lipinski definition) is 1. The van der Waals surface area contributed by atoms with Crippen molar-refractivity contribution in [2.24, 2.45) is 5.92 Å². The van der Waals surface area contributed by atoms with Crippen LogP contribution < -0.4 is 10.2 Å². The van der Waals surface area contributed by atoms with Crippen molar-refractivity contribution >= 4 is 15.9 Å². The molecule has 1 N–H and O–H groups in total. The summed E-state index contributed by atoms with van der Waals surface area (Å²) in [7, 11) is -1.19. The number of aromatic nitrogens is 1. The van der Waals surface area contributed by atoms with Crippen LogP contribution in [-0.4, -0.2) is 43.9 Å². The number of rotatable bonds is 9. The fourth-order valence-electron chi connectivity index (χ4n) is 2.81. The van der Waals surface area contributed by atoms with Gasteiger partial charge in [-0.25, -0.2) is 13.9 Å². The van der Waals surface area contributed by atoms with Gasteiger partial charge in [-0.1, -0.05) is 19.9 Å². The van der Waals surface area contributed by atoms with Crippen LogP contribution >= 0.6 is 0 Å². The van der Waals surface area contributed by atoms with Gasteiger partial charge in [-0.15, -0.1) is 0 Å². The van der Waals surface area contributed by atoms with E-state index in [0.717, 1.165) is 0 Å². The SMILES string of the molecule is COc1ccc(S(=O)(=O)N(Cc2cccnc2)[C@@H](C(=O)NO[11CH3])C(C)C)cc1. The molecule has 1 aromatic heterocycles. The number of carbonyl (C=O) groups excluding carboxylic acids is 1. The molecule has 1 amide bonds. The van der Waals surface area contributed by atoms with E-state index >= 15 is 0 Å². The van der Waals surface area contributed by atoms with E-state index < -0.39 is 22.0 Å². The Morgan fingerprint density at radius 2 is 1.86 bits per heavy atom. The van der Waals surface area contributed by atoms with Gasteiger partial charge in [-0.3, -0.25) is 14.6 Å². The van der Waals surface area contributed by atoms with Crippen LogP contribution in [0.25, 0.3) is 0 Å². The number of hydrogen-bond acceptors (Lipinski definition) is 6. The van der Waals surface area contributed by atoms with Crippen LogP contribution in [0.3, 0.4) is 0 Å². The fourth-order valence-corrected chi connectivity index (χ4v) is 4.52. The highest BCUT2D eigenvalue weighted by molar-refractivity contribution is 7.89. The lowest BCUT2D eigenvalue weighted by Gasteiger charge is -2.32.